The van der Waals surface area contributed by atoms with Crippen LogP contribution in [0.1, 0.15) is 0 Å². The van der Waals surface area contributed by atoms with Crippen LogP contribution in [-0.2, 0) is 0 Å². The molecule has 2 aromatic rings. The number of benzene rings is 2. The highest BCUT2D eigenvalue weighted by Crippen LogP contribution is 2.49. The molecule has 0 N–H and O–H groups in total. The Balaban J connectivity index is 2.80. The van der Waals surface area contributed by atoms with Crippen molar-refractivity contribution in [3.05, 3.63) is 36.4 Å². The maximum absolute atomic E-state index is 7.29. The van der Waals surface area contributed by atoms with Crippen LogP contribution in [0.4, 0.5) is 22.7 Å². The largest absolute Gasteiger partial charge is 0.377 e. The Labute approximate surface area is 164 Å². The van der Waals surface area contributed by atoms with Crippen molar-refractivity contribution in [3.8, 4) is 0 Å². The van der Waals surface area contributed by atoms with Crippen LogP contribution in [-0.4, -0.2) is 56.4 Å². The molecule has 0 fully saturated rings. The van der Waals surface area contributed by atoms with Gasteiger partial charge in [0, 0.05) is 89.7 Å². The molecule has 0 aromatic heterocycles. The molecule has 26 heavy (non-hydrogen) atoms. The molecule has 2 rings (SSSR count). The molecule has 0 radical (unpaired) electrons. The second-order valence-electron chi connectivity index (χ2n) is 7.15. The Kier molecular flexibility index (Phi) is 6.65. The van der Waals surface area contributed by atoms with Crippen molar-refractivity contribution in [2.75, 3.05) is 76.0 Å². The van der Waals surface area contributed by atoms with Gasteiger partial charge in [0.25, 0.3) is 0 Å². The van der Waals surface area contributed by atoms with E-state index in [4.69, 9.17) is 11.2 Å². The van der Waals surface area contributed by atoms with Crippen LogP contribution in [0.15, 0.2) is 36.4 Å². The summed E-state index contributed by atoms with van der Waals surface area (Å²) in [6.07, 6.45) is 0. The van der Waals surface area contributed by atoms with E-state index >= 15 is 0 Å². The highest BCUT2D eigenvalue weighted by atomic mass is 35.7. The average molecular weight is 393 g/mol. The van der Waals surface area contributed by atoms with Gasteiger partial charge in [0.2, 0.25) is 0 Å². The quantitative estimate of drug-likeness (QED) is 0.697. The molecular formula is C20H30ClN4P. The molecule has 0 aliphatic carbocycles. The third kappa shape index (κ3) is 4.02. The second kappa shape index (κ2) is 8.37. The molecule has 0 saturated heterocycles. The Hall–Kier alpha value is -1.64. The molecule has 6 heteroatoms. The predicted molar refractivity (Wildman–Crippen MR) is 122 cm³/mol. The predicted octanol–water partition coefficient (Wildman–Crippen LogP) is 3.54. The second-order valence-corrected chi connectivity index (χ2v) is 9.62. The lowest BCUT2D eigenvalue weighted by atomic mass is 10.2. The zero-order valence-corrected chi connectivity index (χ0v) is 18.7. The van der Waals surface area contributed by atoms with Crippen LogP contribution < -0.4 is 30.2 Å². The van der Waals surface area contributed by atoms with Crippen molar-refractivity contribution >= 4 is 51.9 Å². The molecule has 0 heterocycles. The molecule has 142 valence electrons. The summed E-state index contributed by atoms with van der Waals surface area (Å²) in [5.74, 6) is 0. The fourth-order valence-corrected chi connectivity index (χ4v) is 6.16. The van der Waals surface area contributed by atoms with E-state index in [1.807, 2.05) is 0 Å². The summed E-state index contributed by atoms with van der Waals surface area (Å²) in [7, 11) is 15.5. The first-order valence-corrected chi connectivity index (χ1v) is 10.8. The Morgan fingerprint density at radius 2 is 0.769 bits per heavy atom. The number of hydrogen-bond acceptors (Lipinski definition) is 4. The molecule has 0 amide bonds. The van der Waals surface area contributed by atoms with E-state index in [-0.39, 0.29) is 0 Å². The zero-order chi connectivity index (χ0) is 19.6. The molecule has 0 saturated carbocycles. The SMILES string of the molecule is CN(C)c1cccc(N(C)C)c1P(Cl)c1c(N(C)C)cccc1N(C)C. The van der Waals surface area contributed by atoms with Crippen LogP contribution in [0.5, 0.6) is 0 Å². The van der Waals surface area contributed by atoms with E-state index in [9.17, 15) is 0 Å². The normalized spacial score (nSPS) is 10.8. The number of nitrogens with zero attached hydrogens (tertiary/aromatic N) is 4. The third-order valence-corrected chi connectivity index (χ3v) is 7.02. The lowest BCUT2D eigenvalue weighted by molar-refractivity contribution is 1.11. The standard InChI is InChI=1S/C20H30ClN4P/c1-22(2)15-11-9-12-16(23(3)4)19(15)26(21)20-17(24(5)6)13-10-14-18(20)25(7)8/h9-14H,1-8H3. The maximum atomic E-state index is 7.29. The van der Waals surface area contributed by atoms with E-state index in [1.54, 1.807) is 0 Å². The molecule has 0 aliphatic rings. The van der Waals surface area contributed by atoms with Crippen molar-refractivity contribution in [2.45, 2.75) is 0 Å². The van der Waals surface area contributed by atoms with Gasteiger partial charge in [0.1, 0.15) is 0 Å². The minimum Gasteiger partial charge on any atom is -0.377 e. The highest BCUT2D eigenvalue weighted by Gasteiger charge is 2.27. The van der Waals surface area contributed by atoms with E-state index in [2.05, 4.69) is 112 Å². The van der Waals surface area contributed by atoms with Crippen molar-refractivity contribution in [2.24, 2.45) is 0 Å². The van der Waals surface area contributed by atoms with Crippen LogP contribution in [0.25, 0.3) is 0 Å². The Morgan fingerprint density at radius 1 is 0.538 bits per heavy atom. The van der Waals surface area contributed by atoms with Gasteiger partial charge in [-0.25, -0.2) is 0 Å². The van der Waals surface area contributed by atoms with Gasteiger partial charge in [-0.15, -0.1) is 0 Å². The molecule has 0 bridgehead atoms. The summed E-state index contributed by atoms with van der Waals surface area (Å²) in [4.78, 5) is 8.59. The van der Waals surface area contributed by atoms with Gasteiger partial charge in [-0.3, -0.25) is 0 Å². The first kappa shape index (κ1) is 20.7. The van der Waals surface area contributed by atoms with Crippen molar-refractivity contribution in [1.82, 2.24) is 0 Å². The Bertz CT molecular complexity index is 643. The smallest absolute Gasteiger partial charge is 0.0608 e. The molecule has 0 unspecified atom stereocenters. The average Bonchev–Trinajstić information content (AvgIpc) is 2.59. The number of hydrogen-bond donors (Lipinski definition) is 0. The molecular weight excluding hydrogens is 363 g/mol. The number of anilines is 4. The summed E-state index contributed by atoms with van der Waals surface area (Å²) in [5, 5.41) is 2.38. The first-order valence-electron chi connectivity index (χ1n) is 8.58. The van der Waals surface area contributed by atoms with Gasteiger partial charge in [-0.05, 0) is 24.3 Å². The summed E-state index contributed by atoms with van der Waals surface area (Å²) < 4.78 is 0. The Morgan fingerprint density at radius 3 is 0.962 bits per heavy atom. The van der Waals surface area contributed by atoms with Crippen LogP contribution in [0.2, 0.25) is 0 Å². The van der Waals surface area contributed by atoms with Gasteiger partial charge in [-0.1, -0.05) is 23.4 Å². The van der Waals surface area contributed by atoms with Gasteiger partial charge >= 0.3 is 0 Å². The molecule has 2 aromatic carbocycles. The van der Waals surface area contributed by atoms with Crippen molar-refractivity contribution in [1.29, 1.82) is 0 Å². The third-order valence-electron chi connectivity index (χ3n) is 4.31. The van der Waals surface area contributed by atoms with Gasteiger partial charge < -0.3 is 19.6 Å². The fourth-order valence-electron chi connectivity index (χ4n) is 3.00. The fraction of sp³-hybridized carbons (Fsp3) is 0.400. The topological polar surface area (TPSA) is 13.0 Å². The molecule has 0 aliphatic heterocycles. The van der Waals surface area contributed by atoms with Gasteiger partial charge in [0.15, 0.2) is 0 Å². The minimum atomic E-state index is -1.08. The number of rotatable bonds is 6. The first-order chi connectivity index (χ1) is 12.2. The summed E-state index contributed by atoms with van der Waals surface area (Å²) in [6, 6.07) is 12.8. The van der Waals surface area contributed by atoms with Crippen molar-refractivity contribution in [3.63, 3.8) is 0 Å². The zero-order valence-electron chi connectivity index (χ0n) is 17.1. The monoisotopic (exact) mass is 392 g/mol. The van der Waals surface area contributed by atoms with Gasteiger partial charge in [0.05, 0.1) is 7.27 Å². The van der Waals surface area contributed by atoms with Crippen molar-refractivity contribution < 1.29 is 0 Å². The molecule has 0 atom stereocenters. The summed E-state index contributed by atoms with van der Waals surface area (Å²) >= 11 is 7.29. The highest BCUT2D eigenvalue weighted by molar-refractivity contribution is 7.96. The van der Waals surface area contributed by atoms with Crippen LogP contribution in [0.3, 0.4) is 0 Å². The number of halogens is 1. The summed E-state index contributed by atoms with van der Waals surface area (Å²) in [6.45, 7) is 0. The van der Waals surface area contributed by atoms with E-state index < -0.39 is 7.27 Å². The van der Waals surface area contributed by atoms with Crippen LogP contribution in [0, 0.1) is 0 Å². The molecule has 4 nitrogen and oxygen atoms in total. The lowest BCUT2D eigenvalue weighted by Gasteiger charge is -2.31. The van der Waals surface area contributed by atoms with Gasteiger partial charge in [-0.2, -0.15) is 0 Å². The van der Waals surface area contributed by atoms with E-state index in [0.717, 1.165) is 22.7 Å². The lowest BCUT2D eigenvalue weighted by Crippen LogP contribution is -2.29. The minimum absolute atomic E-state index is 1.08. The van der Waals surface area contributed by atoms with E-state index in [0.29, 0.717) is 0 Å². The van der Waals surface area contributed by atoms with E-state index in [1.165, 1.54) is 10.6 Å². The summed E-state index contributed by atoms with van der Waals surface area (Å²) in [5.41, 5.74) is 4.65. The molecule has 0 spiro atoms. The van der Waals surface area contributed by atoms with Crippen LogP contribution >= 0.6 is 18.5 Å². The maximum Gasteiger partial charge on any atom is 0.0608 e.